The third kappa shape index (κ3) is 4.63. The zero-order valence-electron chi connectivity index (χ0n) is 10.6. The largest absolute Gasteiger partial charge is 0.338 e. The molecule has 0 bridgehead atoms. The molecule has 0 aromatic rings. The molecule has 0 saturated carbocycles. The van der Waals surface area contributed by atoms with Gasteiger partial charge in [0, 0.05) is 25.0 Å². The summed E-state index contributed by atoms with van der Waals surface area (Å²) in [5.74, 6) is 0.232. The van der Waals surface area contributed by atoms with Gasteiger partial charge in [-0.05, 0) is 26.7 Å². The molecule has 0 radical (unpaired) electrons. The fourth-order valence-electron chi connectivity index (χ4n) is 2.09. The molecule has 0 spiro atoms. The topological polar surface area (TPSA) is 80.5 Å². The summed E-state index contributed by atoms with van der Waals surface area (Å²) in [6.07, 6.45) is 2.06. The monoisotopic (exact) mass is 262 g/mol. The Balaban J connectivity index is 2.43. The van der Waals surface area contributed by atoms with E-state index in [1.807, 2.05) is 6.92 Å². The fourth-order valence-corrected chi connectivity index (χ4v) is 3.64. The van der Waals surface area contributed by atoms with Crippen LogP contribution in [0.15, 0.2) is 0 Å². The Morgan fingerprint density at radius 3 is 2.71 bits per heavy atom. The highest BCUT2D eigenvalue weighted by atomic mass is 32.2. The molecule has 1 amide bonds. The summed E-state index contributed by atoms with van der Waals surface area (Å²) in [4.78, 5) is 13.6. The maximum absolute atomic E-state index is 11.9. The van der Waals surface area contributed by atoms with Gasteiger partial charge in [-0.25, -0.2) is 8.42 Å². The van der Waals surface area contributed by atoms with Crippen molar-refractivity contribution in [3.05, 3.63) is 0 Å². The minimum Gasteiger partial charge on any atom is -0.338 e. The van der Waals surface area contributed by atoms with Crippen molar-refractivity contribution >= 4 is 15.7 Å². The number of sulfone groups is 1. The van der Waals surface area contributed by atoms with Gasteiger partial charge in [-0.1, -0.05) is 0 Å². The van der Waals surface area contributed by atoms with Gasteiger partial charge < -0.3 is 10.6 Å². The molecule has 1 heterocycles. The average Bonchev–Trinajstić information content (AvgIpc) is 2.14. The Labute approximate surface area is 103 Å². The van der Waals surface area contributed by atoms with Gasteiger partial charge in [-0.3, -0.25) is 4.79 Å². The number of hydrogen-bond acceptors (Lipinski definition) is 4. The Morgan fingerprint density at radius 1 is 1.53 bits per heavy atom. The van der Waals surface area contributed by atoms with Gasteiger partial charge in [0.25, 0.3) is 0 Å². The summed E-state index contributed by atoms with van der Waals surface area (Å²) in [5.41, 5.74) is 5.62. The first-order chi connectivity index (χ1) is 7.82. The van der Waals surface area contributed by atoms with Crippen molar-refractivity contribution in [3.63, 3.8) is 0 Å². The molecule has 100 valence electrons. The highest BCUT2D eigenvalue weighted by Gasteiger charge is 2.30. The molecule has 0 aliphatic carbocycles. The molecule has 0 aromatic heterocycles. The Morgan fingerprint density at radius 2 is 2.18 bits per heavy atom. The summed E-state index contributed by atoms with van der Waals surface area (Å²) in [5, 5.41) is 0. The molecule has 1 aliphatic heterocycles. The average molecular weight is 262 g/mol. The van der Waals surface area contributed by atoms with Crippen molar-refractivity contribution in [3.8, 4) is 0 Å². The van der Waals surface area contributed by atoms with E-state index in [1.54, 1.807) is 11.8 Å². The van der Waals surface area contributed by atoms with Crippen molar-refractivity contribution in [2.75, 3.05) is 18.1 Å². The summed E-state index contributed by atoms with van der Waals surface area (Å²) in [6, 6.07) is -0.0847. The molecule has 6 heteroatoms. The standard InChI is InChI=1S/C11H22N2O3S/c1-9(12)4-3-5-11(14)13-6-7-17(15,16)8-10(13)2/h9-10H,3-8,12H2,1-2H3. The van der Waals surface area contributed by atoms with Gasteiger partial charge in [0.05, 0.1) is 11.5 Å². The SMILES string of the molecule is CC(N)CCCC(=O)N1CCS(=O)(=O)CC1C. The van der Waals surface area contributed by atoms with Crippen molar-refractivity contribution in [1.82, 2.24) is 4.90 Å². The fraction of sp³-hybridized carbons (Fsp3) is 0.909. The van der Waals surface area contributed by atoms with Crippen molar-refractivity contribution < 1.29 is 13.2 Å². The van der Waals surface area contributed by atoms with Crippen molar-refractivity contribution in [1.29, 1.82) is 0 Å². The second kappa shape index (κ2) is 5.82. The molecule has 2 atom stereocenters. The van der Waals surface area contributed by atoms with Crippen LogP contribution in [0.3, 0.4) is 0 Å². The number of rotatable bonds is 4. The van der Waals surface area contributed by atoms with E-state index in [9.17, 15) is 13.2 Å². The van der Waals surface area contributed by atoms with Crippen LogP contribution in [0.4, 0.5) is 0 Å². The molecule has 0 aromatic carbocycles. The number of carbonyl (C=O) groups is 1. The van der Waals surface area contributed by atoms with Crippen LogP contribution in [-0.2, 0) is 14.6 Å². The van der Waals surface area contributed by atoms with Crippen LogP contribution in [0.2, 0.25) is 0 Å². The lowest BCUT2D eigenvalue weighted by Crippen LogP contribution is -2.49. The van der Waals surface area contributed by atoms with Crippen LogP contribution in [0.25, 0.3) is 0 Å². The van der Waals surface area contributed by atoms with Gasteiger partial charge in [0.2, 0.25) is 5.91 Å². The van der Waals surface area contributed by atoms with Crippen LogP contribution in [-0.4, -0.2) is 49.4 Å². The number of nitrogens with zero attached hydrogens (tertiary/aromatic N) is 1. The van der Waals surface area contributed by atoms with E-state index in [1.165, 1.54) is 0 Å². The number of carbonyl (C=O) groups excluding carboxylic acids is 1. The number of nitrogens with two attached hydrogens (primary N) is 1. The highest BCUT2D eigenvalue weighted by molar-refractivity contribution is 7.91. The third-order valence-electron chi connectivity index (χ3n) is 3.04. The molecule has 2 N–H and O–H groups in total. The minimum absolute atomic E-state index is 0.0491. The zero-order chi connectivity index (χ0) is 13.1. The quantitative estimate of drug-likeness (QED) is 0.782. The lowest BCUT2D eigenvalue weighted by Gasteiger charge is -2.33. The molecular formula is C11H22N2O3S. The zero-order valence-corrected chi connectivity index (χ0v) is 11.4. The first-order valence-electron chi connectivity index (χ1n) is 6.07. The van der Waals surface area contributed by atoms with Crippen LogP contribution in [0, 0.1) is 0 Å². The predicted octanol–water partition coefficient (Wildman–Crippen LogP) is 0.149. The smallest absolute Gasteiger partial charge is 0.222 e. The van der Waals surface area contributed by atoms with Gasteiger partial charge in [-0.2, -0.15) is 0 Å². The maximum Gasteiger partial charge on any atom is 0.222 e. The summed E-state index contributed by atoms with van der Waals surface area (Å²) >= 11 is 0. The van der Waals surface area contributed by atoms with Gasteiger partial charge >= 0.3 is 0 Å². The van der Waals surface area contributed by atoms with Crippen LogP contribution in [0.5, 0.6) is 0 Å². The van der Waals surface area contributed by atoms with Gasteiger partial charge in [-0.15, -0.1) is 0 Å². The Hall–Kier alpha value is -0.620. The molecule has 1 aliphatic rings. The molecule has 1 saturated heterocycles. The Kier molecular flexibility index (Phi) is 4.94. The summed E-state index contributed by atoms with van der Waals surface area (Å²) in [7, 11) is -2.95. The predicted molar refractivity (Wildman–Crippen MR) is 67.3 cm³/mol. The van der Waals surface area contributed by atoms with E-state index in [0.717, 1.165) is 12.8 Å². The number of amides is 1. The summed E-state index contributed by atoms with van der Waals surface area (Å²) < 4.78 is 22.8. The van der Waals surface area contributed by atoms with E-state index in [-0.39, 0.29) is 29.5 Å². The second-order valence-corrected chi connectivity index (χ2v) is 7.15. The van der Waals surface area contributed by atoms with Gasteiger partial charge in [0.15, 0.2) is 9.84 Å². The van der Waals surface area contributed by atoms with Crippen LogP contribution >= 0.6 is 0 Å². The maximum atomic E-state index is 11.9. The van der Waals surface area contributed by atoms with Crippen molar-refractivity contribution in [2.24, 2.45) is 5.73 Å². The van der Waals surface area contributed by atoms with Crippen molar-refractivity contribution in [2.45, 2.75) is 45.2 Å². The molecule has 2 unspecified atom stereocenters. The lowest BCUT2D eigenvalue weighted by molar-refractivity contribution is -0.132. The first kappa shape index (κ1) is 14.4. The van der Waals surface area contributed by atoms with Crippen LogP contribution < -0.4 is 5.73 Å². The van der Waals surface area contributed by atoms with E-state index in [0.29, 0.717) is 13.0 Å². The first-order valence-corrected chi connectivity index (χ1v) is 7.89. The van der Waals surface area contributed by atoms with E-state index in [2.05, 4.69) is 0 Å². The number of hydrogen-bond donors (Lipinski definition) is 1. The molecule has 5 nitrogen and oxygen atoms in total. The molecular weight excluding hydrogens is 240 g/mol. The highest BCUT2D eigenvalue weighted by Crippen LogP contribution is 2.14. The second-order valence-electron chi connectivity index (χ2n) is 4.92. The Bertz CT molecular complexity index is 365. The molecule has 1 rings (SSSR count). The van der Waals surface area contributed by atoms with Gasteiger partial charge in [0.1, 0.15) is 0 Å². The van der Waals surface area contributed by atoms with E-state index < -0.39 is 9.84 Å². The molecule has 17 heavy (non-hydrogen) atoms. The lowest BCUT2D eigenvalue weighted by atomic mass is 10.1. The van der Waals surface area contributed by atoms with E-state index in [4.69, 9.17) is 5.73 Å². The summed E-state index contributed by atoms with van der Waals surface area (Å²) in [6.45, 7) is 4.04. The molecule has 1 fully saturated rings. The minimum atomic E-state index is -2.95. The van der Waals surface area contributed by atoms with Crippen LogP contribution in [0.1, 0.15) is 33.1 Å². The normalized spacial score (nSPS) is 25.6. The van der Waals surface area contributed by atoms with E-state index >= 15 is 0 Å². The third-order valence-corrected chi connectivity index (χ3v) is 4.84.